The van der Waals surface area contributed by atoms with Gasteiger partial charge in [0.2, 0.25) is 0 Å². The molecular formula is C16H13BO6. The van der Waals surface area contributed by atoms with Crippen LogP contribution in [0.25, 0.3) is 0 Å². The summed E-state index contributed by atoms with van der Waals surface area (Å²) < 4.78 is 15.5. The van der Waals surface area contributed by atoms with Crippen molar-refractivity contribution in [3.63, 3.8) is 0 Å². The van der Waals surface area contributed by atoms with E-state index in [1.807, 2.05) is 0 Å². The number of esters is 1. The molecule has 2 aromatic rings. The van der Waals surface area contributed by atoms with Gasteiger partial charge in [-0.05, 0) is 41.4 Å². The van der Waals surface area contributed by atoms with Crippen molar-refractivity contribution in [1.82, 2.24) is 0 Å². The molecule has 0 spiro atoms. The Labute approximate surface area is 132 Å². The van der Waals surface area contributed by atoms with E-state index in [4.69, 9.17) is 9.39 Å². The van der Waals surface area contributed by atoms with Crippen molar-refractivity contribution in [3.05, 3.63) is 53.1 Å². The van der Waals surface area contributed by atoms with Crippen LogP contribution in [0.5, 0.6) is 11.5 Å². The number of aldehydes is 1. The Kier molecular flexibility index (Phi) is 4.14. The van der Waals surface area contributed by atoms with Crippen molar-refractivity contribution in [2.24, 2.45) is 0 Å². The second-order valence-electron chi connectivity index (χ2n) is 4.99. The van der Waals surface area contributed by atoms with Gasteiger partial charge in [-0.3, -0.25) is 4.79 Å². The molecule has 2 aromatic carbocycles. The highest BCUT2D eigenvalue weighted by Gasteiger charge is 2.27. The molecule has 0 saturated carbocycles. The van der Waals surface area contributed by atoms with Gasteiger partial charge in [0.25, 0.3) is 0 Å². The molecule has 7 heteroatoms. The van der Waals surface area contributed by atoms with Gasteiger partial charge < -0.3 is 19.2 Å². The summed E-state index contributed by atoms with van der Waals surface area (Å²) in [6.07, 6.45) is 0.613. The molecule has 3 rings (SSSR count). The lowest BCUT2D eigenvalue weighted by molar-refractivity contribution is 0.0600. The predicted octanol–water partition coefficient (Wildman–Crippen LogP) is 1.30. The van der Waals surface area contributed by atoms with Crippen molar-refractivity contribution < 1.29 is 28.7 Å². The summed E-state index contributed by atoms with van der Waals surface area (Å²) >= 11 is 0. The number of carbonyl (C=O) groups is 2. The first-order valence-electron chi connectivity index (χ1n) is 6.90. The van der Waals surface area contributed by atoms with Crippen LogP contribution < -0.4 is 10.2 Å². The average molecular weight is 312 g/mol. The highest BCUT2D eigenvalue weighted by molar-refractivity contribution is 6.61. The zero-order chi connectivity index (χ0) is 16.4. The van der Waals surface area contributed by atoms with Crippen LogP contribution in [0.15, 0.2) is 36.4 Å². The smallest absolute Gasteiger partial charge is 0.465 e. The van der Waals surface area contributed by atoms with E-state index in [2.05, 4.69) is 4.74 Å². The van der Waals surface area contributed by atoms with E-state index >= 15 is 0 Å². The minimum Gasteiger partial charge on any atom is -0.465 e. The quantitative estimate of drug-likeness (QED) is 0.520. The monoisotopic (exact) mass is 312 g/mol. The molecule has 0 unspecified atom stereocenters. The molecule has 0 saturated heterocycles. The van der Waals surface area contributed by atoms with Crippen LogP contribution in [0.4, 0.5) is 0 Å². The largest absolute Gasteiger partial charge is 0.491 e. The summed E-state index contributed by atoms with van der Waals surface area (Å²) in [4.78, 5) is 22.7. The zero-order valence-electron chi connectivity index (χ0n) is 12.3. The number of carbonyl (C=O) groups excluding carboxylic acids is 2. The van der Waals surface area contributed by atoms with Crippen molar-refractivity contribution in [3.8, 4) is 11.5 Å². The third kappa shape index (κ3) is 2.97. The second kappa shape index (κ2) is 6.24. The molecule has 1 aliphatic heterocycles. The molecule has 1 N–H and O–H groups in total. The van der Waals surface area contributed by atoms with E-state index in [9.17, 15) is 14.6 Å². The summed E-state index contributed by atoms with van der Waals surface area (Å²) in [5, 5.41) is 9.60. The number of benzene rings is 2. The fourth-order valence-electron chi connectivity index (χ4n) is 2.38. The Morgan fingerprint density at radius 1 is 1.30 bits per heavy atom. The lowest BCUT2D eigenvalue weighted by atomic mass is 9.80. The molecule has 6 nitrogen and oxygen atoms in total. The van der Waals surface area contributed by atoms with Crippen molar-refractivity contribution in [2.75, 3.05) is 7.11 Å². The van der Waals surface area contributed by atoms with Crippen LogP contribution in [0.1, 0.15) is 26.3 Å². The summed E-state index contributed by atoms with van der Waals surface area (Å²) in [5.74, 6) is 0.311. The van der Waals surface area contributed by atoms with Gasteiger partial charge in [-0.2, -0.15) is 0 Å². The van der Waals surface area contributed by atoms with Crippen molar-refractivity contribution in [2.45, 2.75) is 6.61 Å². The van der Waals surface area contributed by atoms with E-state index in [1.165, 1.54) is 25.3 Å². The molecule has 1 aliphatic rings. The van der Waals surface area contributed by atoms with Crippen LogP contribution in [-0.2, 0) is 16.0 Å². The maximum Gasteiger partial charge on any atom is 0.491 e. The fraction of sp³-hybridized carbons (Fsp3) is 0.125. The molecule has 0 aliphatic carbocycles. The van der Waals surface area contributed by atoms with Gasteiger partial charge in [0, 0.05) is 0 Å². The number of fused-ring (bicyclic) bond motifs is 1. The number of hydrogen-bond acceptors (Lipinski definition) is 6. The Balaban J connectivity index is 1.88. The Bertz CT molecular complexity index is 773. The molecule has 0 aromatic heterocycles. The van der Waals surface area contributed by atoms with Crippen LogP contribution in [0.2, 0.25) is 0 Å². The molecule has 0 fully saturated rings. The Morgan fingerprint density at radius 3 is 2.87 bits per heavy atom. The third-order valence-electron chi connectivity index (χ3n) is 3.56. The van der Waals surface area contributed by atoms with Crippen LogP contribution in [0.3, 0.4) is 0 Å². The summed E-state index contributed by atoms with van der Waals surface area (Å²) in [7, 11) is 0.359. The third-order valence-corrected chi connectivity index (χ3v) is 3.56. The molecule has 0 radical (unpaired) electrons. The standard InChI is InChI=1S/C16H13BO6/c1-21-16(19)10-2-5-15(11(6-10)8-18)23-13-3-4-14-12(7-13)9-22-17(14)20/h2-8,20H,9H2,1H3. The minimum atomic E-state index is -0.913. The van der Waals surface area contributed by atoms with Gasteiger partial charge in [-0.1, -0.05) is 6.07 Å². The molecule has 23 heavy (non-hydrogen) atoms. The lowest BCUT2D eigenvalue weighted by Gasteiger charge is -2.10. The van der Waals surface area contributed by atoms with Gasteiger partial charge in [0.15, 0.2) is 6.29 Å². The van der Waals surface area contributed by atoms with E-state index in [-0.39, 0.29) is 11.1 Å². The van der Waals surface area contributed by atoms with Gasteiger partial charge in [-0.15, -0.1) is 0 Å². The van der Waals surface area contributed by atoms with E-state index in [0.717, 1.165) is 5.56 Å². The SMILES string of the molecule is COC(=O)c1ccc(Oc2ccc3c(c2)COB3O)c(C=O)c1. The van der Waals surface area contributed by atoms with E-state index in [1.54, 1.807) is 18.2 Å². The molecule has 0 atom stereocenters. The normalized spacial score (nSPS) is 12.7. The maximum absolute atomic E-state index is 11.5. The van der Waals surface area contributed by atoms with Crippen LogP contribution in [0, 0.1) is 0 Å². The number of rotatable bonds is 4. The van der Waals surface area contributed by atoms with E-state index in [0.29, 0.717) is 29.9 Å². The summed E-state index contributed by atoms with van der Waals surface area (Å²) in [6.45, 7) is 0.301. The highest BCUT2D eigenvalue weighted by Crippen LogP contribution is 2.27. The molecule has 116 valence electrons. The Morgan fingerprint density at radius 2 is 2.13 bits per heavy atom. The van der Waals surface area contributed by atoms with Gasteiger partial charge >= 0.3 is 13.1 Å². The molecule has 1 heterocycles. The van der Waals surface area contributed by atoms with Crippen LogP contribution >= 0.6 is 0 Å². The number of ether oxygens (including phenoxy) is 2. The van der Waals surface area contributed by atoms with Gasteiger partial charge in [0.1, 0.15) is 11.5 Å². The molecule has 0 amide bonds. The Hall–Kier alpha value is -2.64. The zero-order valence-corrected chi connectivity index (χ0v) is 12.3. The van der Waals surface area contributed by atoms with E-state index < -0.39 is 13.1 Å². The van der Waals surface area contributed by atoms with Crippen LogP contribution in [-0.4, -0.2) is 31.5 Å². The second-order valence-corrected chi connectivity index (χ2v) is 4.99. The first kappa shape index (κ1) is 15.3. The predicted molar refractivity (Wildman–Crippen MR) is 82.1 cm³/mol. The molecular weight excluding hydrogens is 299 g/mol. The van der Waals surface area contributed by atoms with Crippen molar-refractivity contribution >= 4 is 24.8 Å². The highest BCUT2D eigenvalue weighted by atomic mass is 16.5. The van der Waals surface area contributed by atoms with Crippen molar-refractivity contribution in [1.29, 1.82) is 0 Å². The summed E-state index contributed by atoms with van der Waals surface area (Å²) in [6, 6.07) is 9.61. The first-order valence-corrected chi connectivity index (χ1v) is 6.90. The van der Waals surface area contributed by atoms with Gasteiger partial charge in [-0.25, -0.2) is 4.79 Å². The fourth-order valence-corrected chi connectivity index (χ4v) is 2.38. The number of methoxy groups -OCH3 is 1. The molecule has 0 bridgehead atoms. The lowest BCUT2D eigenvalue weighted by Crippen LogP contribution is -2.27. The van der Waals surface area contributed by atoms with Gasteiger partial charge in [0.05, 0.1) is 24.8 Å². The maximum atomic E-state index is 11.5. The number of hydrogen-bond donors (Lipinski definition) is 1. The first-order chi connectivity index (χ1) is 11.1. The topological polar surface area (TPSA) is 82.1 Å². The average Bonchev–Trinajstić information content (AvgIpc) is 2.95. The summed E-state index contributed by atoms with van der Waals surface area (Å²) in [5.41, 5.74) is 2.04. The minimum absolute atomic E-state index is 0.240.